The minimum absolute atomic E-state index is 0.201. The molecule has 1 aliphatic carbocycles. The summed E-state index contributed by atoms with van der Waals surface area (Å²) in [7, 11) is 1.96. The van der Waals surface area contributed by atoms with Gasteiger partial charge in [-0.3, -0.25) is 9.48 Å². The molecular weight excluding hydrogens is 428 g/mol. The Morgan fingerprint density at radius 2 is 2.03 bits per heavy atom. The Hall–Kier alpha value is -3.32. The highest BCUT2D eigenvalue weighted by atomic mass is 35.5. The van der Waals surface area contributed by atoms with E-state index in [9.17, 15) is 4.79 Å². The van der Waals surface area contributed by atoms with E-state index >= 15 is 0 Å². The Balaban J connectivity index is 1.54. The Kier molecular flexibility index (Phi) is 5.35. The van der Waals surface area contributed by atoms with E-state index in [4.69, 9.17) is 25.6 Å². The molecule has 0 N–H and O–H groups in total. The number of carbonyl (C=O) groups is 1. The molecule has 32 heavy (non-hydrogen) atoms. The number of hydrogen-bond acceptors (Lipinski definition) is 5. The minimum atomic E-state index is -0.201. The summed E-state index contributed by atoms with van der Waals surface area (Å²) in [4.78, 5) is 15.6. The van der Waals surface area contributed by atoms with Crippen molar-refractivity contribution in [2.45, 2.75) is 39.3 Å². The van der Waals surface area contributed by atoms with Gasteiger partial charge in [-0.25, -0.2) is 0 Å². The van der Waals surface area contributed by atoms with Crippen LogP contribution in [0.25, 0.3) is 11.3 Å². The fourth-order valence-electron chi connectivity index (χ4n) is 4.41. The van der Waals surface area contributed by atoms with Crippen LogP contribution in [-0.4, -0.2) is 25.7 Å². The van der Waals surface area contributed by atoms with Crippen LogP contribution in [-0.2, 0) is 33.0 Å². The van der Waals surface area contributed by atoms with Gasteiger partial charge in [0.2, 0.25) is 0 Å². The smallest absolute Gasteiger partial charge is 0.260 e. The van der Waals surface area contributed by atoms with Crippen LogP contribution in [0.2, 0.25) is 5.02 Å². The summed E-state index contributed by atoms with van der Waals surface area (Å²) in [6.45, 7) is 2.42. The first-order valence-electron chi connectivity index (χ1n) is 10.6. The van der Waals surface area contributed by atoms with Crippen molar-refractivity contribution in [3.05, 3.63) is 81.7 Å². The van der Waals surface area contributed by atoms with Crippen molar-refractivity contribution in [2.24, 2.45) is 7.05 Å². The first kappa shape index (κ1) is 20.6. The van der Waals surface area contributed by atoms with Gasteiger partial charge < -0.3 is 13.8 Å². The summed E-state index contributed by atoms with van der Waals surface area (Å²) >= 11 is 6.40. The first-order valence-corrected chi connectivity index (χ1v) is 11.0. The summed E-state index contributed by atoms with van der Waals surface area (Å²) in [6.07, 6.45) is 4.72. The highest BCUT2D eigenvalue weighted by molar-refractivity contribution is 6.33. The topological polar surface area (TPSA) is 77.3 Å². The van der Waals surface area contributed by atoms with E-state index in [0.717, 1.165) is 25.0 Å². The number of nitrogens with zero attached hydrogens (tertiary/aromatic N) is 4. The molecule has 5 rings (SSSR count). The van der Waals surface area contributed by atoms with E-state index in [0.29, 0.717) is 46.5 Å². The highest BCUT2D eigenvalue weighted by Gasteiger charge is 2.30. The Bertz CT molecular complexity index is 1270. The molecule has 0 aliphatic heterocycles. The van der Waals surface area contributed by atoms with Gasteiger partial charge in [-0.05, 0) is 49.9 Å². The second-order valence-electron chi connectivity index (χ2n) is 8.03. The van der Waals surface area contributed by atoms with Crippen molar-refractivity contribution in [1.29, 1.82) is 0 Å². The van der Waals surface area contributed by atoms with Crippen molar-refractivity contribution in [3.8, 4) is 11.3 Å². The number of halogens is 1. The van der Waals surface area contributed by atoms with Gasteiger partial charge in [-0.1, -0.05) is 35.0 Å². The molecule has 0 saturated heterocycles. The number of amides is 1. The molecule has 4 aromatic rings. The van der Waals surface area contributed by atoms with Crippen molar-refractivity contribution >= 4 is 17.5 Å². The van der Waals surface area contributed by atoms with Crippen LogP contribution in [0.5, 0.6) is 0 Å². The Labute approximate surface area is 190 Å². The maximum atomic E-state index is 13.9. The van der Waals surface area contributed by atoms with Crippen molar-refractivity contribution in [2.75, 3.05) is 0 Å². The number of fused-ring (bicyclic) bond motifs is 1. The molecule has 8 heteroatoms. The minimum Gasteiger partial charge on any atom is -0.467 e. The molecule has 3 heterocycles. The van der Waals surface area contributed by atoms with E-state index in [1.165, 1.54) is 11.3 Å². The fourth-order valence-corrected chi connectivity index (χ4v) is 4.64. The average Bonchev–Trinajstić information content (AvgIpc) is 3.56. The summed E-state index contributed by atoms with van der Waals surface area (Å²) in [5, 5.41) is 9.39. The van der Waals surface area contributed by atoms with Crippen molar-refractivity contribution in [1.82, 2.24) is 19.8 Å². The largest absolute Gasteiger partial charge is 0.467 e. The van der Waals surface area contributed by atoms with Gasteiger partial charge in [0.1, 0.15) is 22.8 Å². The van der Waals surface area contributed by atoms with E-state index in [1.54, 1.807) is 24.2 Å². The van der Waals surface area contributed by atoms with Gasteiger partial charge in [0.05, 0.1) is 30.1 Å². The Morgan fingerprint density at radius 3 is 2.81 bits per heavy atom. The normalized spacial score (nSPS) is 12.8. The molecule has 0 radical (unpaired) electrons. The monoisotopic (exact) mass is 450 g/mol. The number of furan rings is 1. The highest BCUT2D eigenvalue weighted by Crippen LogP contribution is 2.33. The number of benzene rings is 1. The van der Waals surface area contributed by atoms with Gasteiger partial charge >= 0.3 is 0 Å². The third-order valence-corrected chi connectivity index (χ3v) is 6.29. The maximum Gasteiger partial charge on any atom is 0.260 e. The molecule has 1 amide bonds. The summed E-state index contributed by atoms with van der Waals surface area (Å²) in [6, 6.07) is 11.0. The number of rotatable bonds is 6. The van der Waals surface area contributed by atoms with Crippen molar-refractivity contribution in [3.63, 3.8) is 0 Å². The molecule has 0 bridgehead atoms. The van der Waals surface area contributed by atoms with Crippen LogP contribution < -0.4 is 0 Å². The van der Waals surface area contributed by atoms with E-state index in [-0.39, 0.29) is 5.91 Å². The zero-order valence-electron chi connectivity index (χ0n) is 18.0. The number of carbonyl (C=O) groups excluding carboxylic acids is 1. The second kappa shape index (κ2) is 8.31. The van der Waals surface area contributed by atoms with Crippen LogP contribution in [0.4, 0.5) is 0 Å². The van der Waals surface area contributed by atoms with E-state index in [1.807, 2.05) is 42.1 Å². The molecule has 0 spiro atoms. The molecule has 164 valence electrons. The van der Waals surface area contributed by atoms with E-state index in [2.05, 4.69) is 5.16 Å². The lowest BCUT2D eigenvalue weighted by atomic mass is 10.0. The number of aromatic nitrogens is 3. The van der Waals surface area contributed by atoms with Gasteiger partial charge in [-0.2, -0.15) is 5.10 Å². The molecule has 0 saturated carbocycles. The quantitative estimate of drug-likeness (QED) is 0.415. The molecule has 3 aromatic heterocycles. The average molecular weight is 451 g/mol. The van der Waals surface area contributed by atoms with Gasteiger partial charge in [-0.15, -0.1) is 0 Å². The summed E-state index contributed by atoms with van der Waals surface area (Å²) in [5.41, 5.74) is 4.92. The lowest BCUT2D eigenvalue weighted by Gasteiger charge is -2.21. The van der Waals surface area contributed by atoms with Gasteiger partial charge in [0.15, 0.2) is 0 Å². The first-order chi connectivity index (χ1) is 15.5. The fraction of sp³-hybridized carbons (Fsp3) is 0.292. The van der Waals surface area contributed by atoms with Gasteiger partial charge in [0.25, 0.3) is 5.91 Å². The number of hydrogen-bond donors (Lipinski definition) is 0. The molecular formula is C24H23ClN4O3. The van der Waals surface area contributed by atoms with Crippen LogP contribution in [0.3, 0.4) is 0 Å². The lowest BCUT2D eigenvalue weighted by Crippen LogP contribution is -2.31. The summed E-state index contributed by atoms with van der Waals surface area (Å²) < 4.78 is 12.9. The zero-order chi connectivity index (χ0) is 22.2. The third-order valence-electron chi connectivity index (χ3n) is 5.96. The van der Waals surface area contributed by atoms with Crippen LogP contribution >= 0.6 is 11.6 Å². The summed E-state index contributed by atoms with van der Waals surface area (Å²) in [5.74, 6) is 0.937. The zero-order valence-corrected chi connectivity index (χ0v) is 18.7. The third kappa shape index (κ3) is 3.62. The second-order valence-corrected chi connectivity index (χ2v) is 8.44. The van der Waals surface area contributed by atoms with Crippen LogP contribution in [0.1, 0.15) is 45.3 Å². The van der Waals surface area contributed by atoms with Crippen LogP contribution in [0.15, 0.2) is 51.6 Å². The molecule has 1 aliphatic rings. The van der Waals surface area contributed by atoms with E-state index < -0.39 is 0 Å². The molecule has 1 aromatic carbocycles. The Morgan fingerprint density at radius 1 is 1.19 bits per heavy atom. The SMILES string of the molecule is Cc1onc(-c2ccccc2Cl)c1C(=O)N(Cc1ccco1)Cc1nn(C)c2c1CCC2. The molecule has 7 nitrogen and oxygen atoms in total. The maximum absolute atomic E-state index is 13.9. The van der Waals surface area contributed by atoms with Crippen LogP contribution in [0, 0.1) is 6.92 Å². The predicted octanol–water partition coefficient (Wildman–Crippen LogP) is 4.96. The van der Waals surface area contributed by atoms with Gasteiger partial charge in [0, 0.05) is 18.3 Å². The molecule has 0 unspecified atom stereocenters. The molecule has 0 atom stereocenters. The molecule has 0 fully saturated rings. The lowest BCUT2D eigenvalue weighted by molar-refractivity contribution is 0.0713. The standard InChI is InChI=1S/C24H23ClN4O3/c1-15-22(23(27-32-15)17-8-3-4-10-19(17)25)24(30)29(13-16-7-6-12-31-16)14-20-18-9-5-11-21(18)28(2)26-20/h3-4,6-8,10,12H,5,9,11,13-14H2,1-2H3. The predicted molar refractivity (Wildman–Crippen MR) is 119 cm³/mol. The number of aryl methyl sites for hydroxylation is 2. The van der Waals surface area contributed by atoms with Crippen molar-refractivity contribution < 1.29 is 13.7 Å².